The molecule has 1 aliphatic heterocycles. The lowest BCUT2D eigenvalue weighted by Crippen LogP contribution is -2.42. The Labute approximate surface area is 109 Å². The summed E-state index contributed by atoms with van der Waals surface area (Å²) in [5.74, 6) is 0. The van der Waals surface area contributed by atoms with Crippen LogP contribution in [0.2, 0.25) is 0 Å². The maximum atomic E-state index is 3.71. The third-order valence-corrected chi connectivity index (χ3v) is 4.58. The average molecular weight is 252 g/mol. The van der Waals surface area contributed by atoms with Crippen molar-refractivity contribution in [1.82, 2.24) is 10.2 Å². The fourth-order valence-corrected chi connectivity index (χ4v) is 3.36. The molecule has 0 atom stereocenters. The van der Waals surface area contributed by atoms with E-state index in [1.807, 2.05) is 11.3 Å². The highest BCUT2D eigenvalue weighted by Gasteiger charge is 2.17. The smallest absolute Gasteiger partial charge is 0.0218 e. The molecule has 1 aromatic heterocycles. The normalized spacial score (nSPS) is 18.7. The number of aryl methyl sites for hydroxylation is 1. The maximum absolute atomic E-state index is 3.71. The molecule has 1 aromatic rings. The van der Waals surface area contributed by atoms with Gasteiger partial charge in [-0.05, 0) is 67.7 Å². The zero-order valence-corrected chi connectivity index (χ0v) is 11.9. The molecular formula is C14H24N2S. The van der Waals surface area contributed by atoms with Crippen LogP contribution in [-0.4, -0.2) is 30.6 Å². The Morgan fingerprint density at radius 2 is 2.12 bits per heavy atom. The summed E-state index contributed by atoms with van der Waals surface area (Å²) in [5.41, 5.74) is 2.91. The molecule has 1 aliphatic rings. The molecule has 2 heterocycles. The van der Waals surface area contributed by atoms with Crippen molar-refractivity contribution >= 4 is 11.3 Å². The van der Waals surface area contributed by atoms with Crippen molar-refractivity contribution in [2.24, 2.45) is 0 Å². The number of nitrogens with one attached hydrogen (secondary N) is 1. The van der Waals surface area contributed by atoms with Crippen LogP contribution in [0.25, 0.3) is 0 Å². The third-order valence-electron chi connectivity index (χ3n) is 3.67. The van der Waals surface area contributed by atoms with Gasteiger partial charge >= 0.3 is 0 Å². The Morgan fingerprint density at radius 1 is 1.35 bits per heavy atom. The predicted octanol–water partition coefficient (Wildman–Crippen LogP) is 3.02. The number of hydrogen-bond donors (Lipinski definition) is 1. The van der Waals surface area contributed by atoms with Crippen molar-refractivity contribution in [3.63, 3.8) is 0 Å². The van der Waals surface area contributed by atoms with E-state index >= 15 is 0 Å². The second-order valence-electron chi connectivity index (χ2n) is 5.08. The summed E-state index contributed by atoms with van der Waals surface area (Å²) in [7, 11) is 0. The van der Waals surface area contributed by atoms with Crippen LogP contribution < -0.4 is 5.32 Å². The van der Waals surface area contributed by atoms with Crippen LogP contribution in [0.15, 0.2) is 10.8 Å². The van der Waals surface area contributed by atoms with E-state index in [4.69, 9.17) is 0 Å². The fraction of sp³-hybridized carbons (Fsp3) is 0.714. The van der Waals surface area contributed by atoms with Crippen molar-refractivity contribution in [3.05, 3.63) is 21.9 Å². The number of rotatable bonds is 5. The van der Waals surface area contributed by atoms with Gasteiger partial charge in [-0.3, -0.25) is 0 Å². The van der Waals surface area contributed by atoms with Gasteiger partial charge < -0.3 is 10.2 Å². The molecule has 0 unspecified atom stereocenters. The Hall–Kier alpha value is -0.380. The van der Waals surface area contributed by atoms with Crippen LogP contribution in [0.1, 0.15) is 37.3 Å². The van der Waals surface area contributed by atoms with Gasteiger partial charge in [-0.15, -0.1) is 0 Å². The molecule has 1 fully saturated rings. The van der Waals surface area contributed by atoms with Crippen LogP contribution in [0.3, 0.4) is 0 Å². The average Bonchev–Trinajstić information content (AvgIpc) is 2.75. The number of piperidine rings is 1. The third kappa shape index (κ3) is 3.80. The highest BCUT2D eigenvalue weighted by molar-refractivity contribution is 7.08. The topological polar surface area (TPSA) is 15.3 Å². The molecule has 1 N–H and O–H groups in total. The van der Waals surface area contributed by atoms with Crippen LogP contribution in [-0.2, 0) is 6.54 Å². The molecule has 0 radical (unpaired) electrons. The second kappa shape index (κ2) is 6.53. The molecule has 3 heteroatoms. The molecule has 2 rings (SSSR count). The number of likely N-dealkylation sites (tertiary alicyclic amines) is 1. The number of hydrogen-bond acceptors (Lipinski definition) is 3. The van der Waals surface area contributed by atoms with Gasteiger partial charge in [-0.2, -0.15) is 11.3 Å². The lowest BCUT2D eigenvalue weighted by Gasteiger charge is -2.32. The van der Waals surface area contributed by atoms with Crippen LogP contribution in [0.4, 0.5) is 0 Å². The second-order valence-corrected chi connectivity index (χ2v) is 5.82. The molecular weight excluding hydrogens is 228 g/mol. The van der Waals surface area contributed by atoms with Gasteiger partial charge in [0, 0.05) is 12.6 Å². The Morgan fingerprint density at radius 3 is 2.71 bits per heavy atom. The summed E-state index contributed by atoms with van der Waals surface area (Å²) in [4.78, 5) is 2.59. The molecule has 0 amide bonds. The van der Waals surface area contributed by atoms with E-state index < -0.39 is 0 Å². The van der Waals surface area contributed by atoms with Gasteiger partial charge in [-0.1, -0.05) is 6.92 Å². The zero-order valence-electron chi connectivity index (χ0n) is 11.0. The quantitative estimate of drug-likeness (QED) is 0.866. The molecule has 0 aromatic carbocycles. The number of nitrogens with zero attached hydrogens (tertiary/aromatic N) is 1. The largest absolute Gasteiger partial charge is 0.310 e. The van der Waals surface area contributed by atoms with Gasteiger partial charge in [0.05, 0.1) is 0 Å². The highest BCUT2D eigenvalue weighted by Crippen LogP contribution is 2.15. The summed E-state index contributed by atoms with van der Waals surface area (Å²) >= 11 is 1.81. The first-order valence-electron chi connectivity index (χ1n) is 6.77. The first-order valence-corrected chi connectivity index (χ1v) is 7.71. The van der Waals surface area contributed by atoms with E-state index in [1.165, 1.54) is 50.0 Å². The minimum Gasteiger partial charge on any atom is -0.310 e. The van der Waals surface area contributed by atoms with Gasteiger partial charge in [0.25, 0.3) is 0 Å². The monoisotopic (exact) mass is 252 g/mol. The van der Waals surface area contributed by atoms with E-state index in [-0.39, 0.29) is 0 Å². The van der Waals surface area contributed by atoms with E-state index in [9.17, 15) is 0 Å². The molecule has 96 valence electrons. The van der Waals surface area contributed by atoms with Crippen molar-refractivity contribution in [2.45, 2.75) is 45.7 Å². The van der Waals surface area contributed by atoms with Gasteiger partial charge in [0.1, 0.15) is 0 Å². The molecule has 0 aliphatic carbocycles. The Bertz CT molecular complexity index is 327. The van der Waals surface area contributed by atoms with Crippen molar-refractivity contribution < 1.29 is 0 Å². The van der Waals surface area contributed by atoms with Crippen molar-refractivity contribution in [2.75, 3.05) is 19.6 Å². The summed E-state index contributed by atoms with van der Waals surface area (Å²) < 4.78 is 0. The predicted molar refractivity (Wildman–Crippen MR) is 75.6 cm³/mol. The van der Waals surface area contributed by atoms with Crippen molar-refractivity contribution in [3.8, 4) is 0 Å². The van der Waals surface area contributed by atoms with Crippen LogP contribution in [0.5, 0.6) is 0 Å². The minimum absolute atomic E-state index is 0.724. The first kappa shape index (κ1) is 13.1. The zero-order chi connectivity index (χ0) is 12.1. The van der Waals surface area contributed by atoms with Crippen LogP contribution in [0, 0.1) is 6.92 Å². The molecule has 17 heavy (non-hydrogen) atoms. The Balaban J connectivity index is 1.70. The van der Waals surface area contributed by atoms with Gasteiger partial charge in [0.15, 0.2) is 0 Å². The SMILES string of the molecule is CCCN1CCC(NCc2cscc2C)CC1. The van der Waals surface area contributed by atoms with E-state index in [0.717, 1.165) is 12.6 Å². The van der Waals surface area contributed by atoms with E-state index in [2.05, 4.69) is 34.8 Å². The lowest BCUT2D eigenvalue weighted by atomic mass is 10.0. The number of thiophene rings is 1. The van der Waals surface area contributed by atoms with E-state index in [1.54, 1.807) is 0 Å². The maximum Gasteiger partial charge on any atom is 0.0218 e. The molecule has 0 saturated carbocycles. The molecule has 1 saturated heterocycles. The summed E-state index contributed by atoms with van der Waals surface area (Å²) in [5, 5.41) is 8.22. The highest BCUT2D eigenvalue weighted by atomic mass is 32.1. The van der Waals surface area contributed by atoms with Crippen LogP contribution >= 0.6 is 11.3 Å². The fourth-order valence-electron chi connectivity index (χ4n) is 2.50. The first-order chi connectivity index (χ1) is 8.29. The van der Waals surface area contributed by atoms with Gasteiger partial charge in [-0.25, -0.2) is 0 Å². The summed E-state index contributed by atoms with van der Waals surface area (Å²) in [6.07, 6.45) is 3.90. The minimum atomic E-state index is 0.724. The molecule has 0 bridgehead atoms. The standard InChI is InChI=1S/C14H24N2S/c1-3-6-16-7-4-14(5-8-16)15-9-13-11-17-10-12(13)2/h10-11,14-15H,3-9H2,1-2H3. The molecule has 2 nitrogen and oxygen atoms in total. The molecule has 0 spiro atoms. The lowest BCUT2D eigenvalue weighted by molar-refractivity contribution is 0.197. The Kier molecular flexibility index (Phi) is 5.01. The van der Waals surface area contributed by atoms with Gasteiger partial charge in [0.2, 0.25) is 0 Å². The van der Waals surface area contributed by atoms with E-state index in [0.29, 0.717) is 0 Å². The summed E-state index contributed by atoms with van der Waals surface area (Å²) in [6, 6.07) is 0.724. The van der Waals surface area contributed by atoms with Crippen molar-refractivity contribution in [1.29, 1.82) is 0 Å². The summed E-state index contributed by atoms with van der Waals surface area (Å²) in [6.45, 7) is 9.34.